The van der Waals surface area contributed by atoms with E-state index in [1.165, 1.54) is 23.4 Å². The standard InChI is InChI=1S/C19H22N4O2S/c1-11(2)15-20-16-14(18(24)23(5)19(25)22(16)4)17(21-15)26-12(3)13-9-7-6-8-10-13/h6-12H,1-5H3/t12-/m0/s1. The Morgan fingerprint density at radius 3 is 2.23 bits per heavy atom. The van der Waals surface area contributed by atoms with Gasteiger partial charge in [0.25, 0.3) is 5.56 Å². The Labute approximate surface area is 155 Å². The number of hydrogen-bond donors (Lipinski definition) is 0. The summed E-state index contributed by atoms with van der Waals surface area (Å²) in [5.74, 6) is 0.716. The Hall–Kier alpha value is -2.41. The summed E-state index contributed by atoms with van der Waals surface area (Å²) in [5.41, 5.74) is 0.792. The van der Waals surface area contributed by atoms with Gasteiger partial charge in [0.05, 0.1) is 0 Å². The molecule has 0 N–H and O–H groups in total. The van der Waals surface area contributed by atoms with E-state index in [0.717, 1.165) is 10.1 Å². The normalized spacial score (nSPS) is 12.7. The van der Waals surface area contributed by atoms with Crippen molar-refractivity contribution in [2.45, 2.75) is 37.0 Å². The smallest absolute Gasteiger partial charge is 0.280 e. The number of fused-ring (bicyclic) bond motifs is 1. The number of hydrogen-bond acceptors (Lipinski definition) is 5. The SMILES string of the molecule is CC(C)c1nc(S[C@@H](C)c2ccccc2)c2c(=O)n(C)c(=O)n(C)c2n1. The first kappa shape index (κ1) is 18.4. The van der Waals surface area contributed by atoms with Crippen LogP contribution in [0.3, 0.4) is 0 Å². The minimum Gasteiger partial charge on any atom is -0.280 e. The van der Waals surface area contributed by atoms with Gasteiger partial charge in [0.2, 0.25) is 0 Å². The quantitative estimate of drug-likeness (QED) is 0.522. The van der Waals surface area contributed by atoms with Crippen molar-refractivity contribution in [1.29, 1.82) is 0 Å². The topological polar surface area (TPSA) is 69.8 Å². The van der Waals surface area contributed by atoms with E-state index >= 15 is 0 Å². The molecule has 0 fully saturated rings. The molecule has 1 atom stereocenters. The highest BCUT2D eigenvalue weighted by atomic mass is 32.2. The van der Waals surface area contributed by atoms with Crippen LogP contribution in [0.15, 0.2) is 44.9 Å². The van der Waals surface area contributed by atoms with Crippen molar-refractivity contribution in [3.05, 3.63) is 62.6 Å². The molecule has 0 saturated heterocycles. The summed E-state index contributed by atoms with van der Waals surface area (Å²) < 4.78 is 2.53. The molecule has 0 aliphatic carbocycles. The van der Waals surface area contributed by atoms with E-state index in [0.29, 0.717) is 21.9 Å². The van der Waals surface area contributed by atoms with Crippen LogP contribution < -0.4 is 11.2 Å². The minimum absolute atomic E-state index is 0.0879. The highest BCUT2D eigenvalue weighted by Gasteiger charge is 2.20. The van der Waals surface area contributed by atoms with Gasteiger partial charge in [0, 0.05) is 25.3 Å². The van der Waals surface area contributed by atoms with Crippen molar-refractivity contribution < 1.29 is 0 Å². The van der Waals surface area contributed by atoms with Gasteiger partial charge < -0.3 is 0 Å². The lowest BCUT2D eigenvalue weighted by Crippen LogP contribution is -2.38. The van der Waals surface area contributed by atoms with Crippen LogP contribution in [-0.2, 0) is 14.1 Å². The van der Waals surface area contributed by atoms with E-state index in [-0.39, 0.29) is 22.4 Å². The molecule has 0 unspecified atom stereocenters. The van der Waals surface area contributed by atoms with E-state index in [4.69, 9.17) is 0 Å². The van der Waals surface area contributed by atoms with Crippen LogP contribution in [0.25, 0.3) is 11.0 Å². The van der Waals surface area contributed by atoms with Crippen LogP contribution in [0.2, 0.25) is 0 Å². The number of aryl methyl sites for hydroxylation is 1. The van der Waals surface area contributed by atoms with Crippen molar-refractivity contribution >= 4 is 22.8 Å². The zero-order chi connectivity index (χ0) is 19.0. The third-order valence-corrected chi connectivity index (χ3v) is 5.50. The van der Waals surface area contributed by atoms with Gasteiger partial charge in [-0.05, 0) is 12.5 Å². The van der Waals surface area contributed by atoms with E-state index in [1.807, 2.05) is 32.0 Å². The molecular formula is C19H22N4O2S. The molecule has 0 aliphatic heterocycles. The van der Waals surface area contributed by atoms with Crippen molar-refractivity contribution in [2.24, 2.45) is 14.1 Å². The Morgan fingerprint density at radius 1 is 0.962 bits per heavy atom. The molecule has 2 heterocycles. The Kier molecular flexibility index (Phi) is 5.00. The maximum atomic E-state index is 12.8. The molecule has 0 aliphatic rings. The van der Waals surface area contributed by atoms with Crippen LogP contribution in [0.4, 0.5) is 0 Å². The van der Waals surface area contributed by atoms with Crippen LogP contribution in [0.1, 0.15) is 43.3 Å². The number of rotatable bonds is 4. The zero-order valence-electron chi connectivity index (χ0n) is 15.6. The lowest BCUT2D eigenvalue weighted by molar-refractivity contribution is 0.689. The first-order chi connectivity index (χ1) is 12.3. The molecule has 1 aromatic carbocycles. The number of thioether (sulfide) groups is 1. The summed E-state index contributed by atoms with van der Waals surface area (Å²) in [6, 6.07) is 10.1. The number of aromatic nitrogens is 4. The lowest BCUT2D eigenvalue weighted by atomic mass is 10.2. The second-order valence-electron chi connectivity index (χ2n) is 6.62. The van der Waals surface area contributed by atoms with E-state index < -0.39 is 0 Å². The van der Waals surface area contributed by atoms with Gasteiger partial charge in [-0.25, -0.2) is 14.8 Å². The summed E-state index contributed by atoms with van der Waals surface area (Å²) in [6.45, 7) is 6.07. The monoisotopic (exact) mass is 370 g/mol. The van der Waals surface area contributed by atoms with Crippen LogP contribution in [0, 0.1) is 0 Å². The Balaban J connectivity index is 2.26. The first-order valence-corrected chi connectivity index (χ1v) is 9.38. The zero-order valence-corrected chi connectivity index (χ0v) is 16.4. The molecule has 6 nitrogen and oxygen atoms in total. The van der Waals surface area contributed by atoms with E-state index in [9.17, 15) is 9.59 Å². The summed E-state index contributed by atoms with van der Waals surface area (Å²) in [4.78, 5) is 34.2. The van der Waals surface area contributed by atoms with E-state index in [2.05, 4.69) is 29.0 Å². The predicted octanol–water partition coefficient (Wildman–Crippen LogP) is 3.00. The van der Waals surface area contributed by atoms with Gasteiger partial charge in [-0.2, -0.15) is 0 Å². The first-order valence-electron chi connectivity index (χ1n) is 8.50. The third-order valence-electron chi connectivity index (χ3n) is 4.36. The van der Waals surface area contributed by atoms with Gasteiger partial charge in [0.1, 0.15) is 16.2 Å². The molecule has 3 rings (SSSR count). The predicted molar refractivity (Wildman–Crippen MR) is 105 cm³/mol. The summed E-state index contributed by atoms with van der Waals surface area (Å²) >= 11 is 1.52. The highest BCUT2D eigenvalue weighted by Crippen LogP contribution is 2.36. The summed E-state index contributed by atoms with van der Waals surface area (Å²) in [6.07, 6.45) is 0. The molecule has 136 valence electrons. The van der Waals surface area contributed by atoms with Crippen LogP contribution in [-0.4, -0.2) is 19.1 Å². The van der Waals surface area contributed by atoms with Crippen molar-refractivity contribution in [3.63, 3.8) is 0 Å². The molecule has 3 aromatic rings. The second kappa shape index (κ2) is 7.07. The molecule has 26 heavy (non-hydrogen) atoms. The van der Waals surface area contributed by atoms with Gasteiger partial charge in [0.15, 0.2) is 5.65 Å². The van der Waals surface area contributed by atoms with Gasteiger partial charge in [-0.1, -0.05) is 55.9 Å². The minimum atomic E-state index is -0.386. The number of benzene rings is 1. The molecule has 2 aromatic heterocycles. The molecule has 0 amide bonds. The molecule has 0 spiro atoms. The summed E-state index contributed by atoms with van der Waals surface area (Å²) in [7, 11) is 3.12. The molecular weight excluding hydrogens is 348 g/mol. The number of nitrogens with zero attached hydrogens (tertiary/aromatic N) is 4. The largest absolute Gasteiger partial charge is 0.332 e. The van der Waals surface area contributed by atoms with Gasteiger partial charge in [-0.15, -0.1) is 0 Å². The van der Waals surface area contributed by atoms with Crippen LogP contribution in [0.5, 0.6) is 0 Å². The van der Waals surface area contributed by atoms with Crippen molar-refractivity contribution in [1.82, 2.24) is 19.1 Å². The fourth-order valence-corrected chi connectivity index (χ4v) is 3.82. The fourth-order valence-electron chi connectivity index (χ4n) is 2.75. The Bertz CT molecular complexity index is 1070. The molecule has 7 heteroatoms. The van der Waals surface area contributed by atoms with Crippen molar-refractivity contribution in [2.75, 3.05) is 0 Å². The molecule has 0 bridgehead atoms. The Morgan fingerprint density at radius 2 is 1.62 bits per heavy atom. The second-order valence-corrected chi connectivity index (χ2v) is 7.95. The third kappa shape index (κ3) is 3.19. The van der Waals surface area contributed by atoms with Crippen molar-refractivity contribution in [3.8, 4) is 0 Å². The van der Waals surface area contributed by atoms with Gasteiger partial charge >= 0.3 is 5.69 Å². The molecule has 0 radical (unpaired) electrons. The molecule has 0 saturated carbocycles. The van der Waals surface area contributed by atoms with E-state index in [1.54, 1.807) is 7.05 Å². The highest BCUT2D eigenvalue weighted by molar-refractivity contribution is 7.99. The van der Waals surface area contributed by atoms with Crippen LogP contribution >= 0.6 is 11.8 Å². The average Bonchev–Trinajstić information content (AvgIpc) is 2.64. The van der Waals surface area contributed by atoms with Gasteiger partial charge in [-0.3, -0.25) is 13.9 Å². The summed E-state index contributed by atoms with van der Waals surface area (Å²) in [5, 5.41) is 1.12. The lowest BCUT2D eigenvalue weighted by Gasteiger charge is -2.16. The maximum Gasteiger partial charge on any atom is 0.332 e. The maximum absolute atomic E-state index is 12.8. The fraction of sp³-hybridized carbons (Fsp3) is 0.368. The average molecular weight is 370 g/mol.